The number of hydrogen-bond donors (Lipinski definition) is 1. The van der Waals surface area contributed by atoms with E-state index in [1.54, 1.807) is 0 Å². The summed E-state index contributed by atoms with van der Waals surface area (Å²) >= 11 is 0. The summed E-state index contributed by atoms with van der Waals surface area (Å²) in [6, 6.07) is 17.4. The van der Waals surface area contributed by atoms with E-state index in [1.807, 2.05) is 61.5 Å². The molecule has 21 heavy (non-hydrogen) atoms. The molecule has 0 bridgehead atoms. The zero-order valence-electron chi connectivity index (χ0n) is 12.3. The third-order valence-corrected chi connectivity index (χ3v) is 3.29. The highest BCUT2D eigenvalue weighted by Gasteiger charge is 2.21. The summed E-state index contributed by atoms with van der Waals surface area (Å²) in [6.45, 7) is 5.91. The van der Waals surface area contributed by atoms with E-state index in [-0.39, 0.29) is 6.04 Å². The molecule has 0 aliphatic carbocycles. The lowest BCUT2D eigenvalue weighted by Gasteiger charge is -2.21. The van der Waals surface area contributed by atoms with Crippen LogP contribution in [0.3, 0.4) is 0 Å². The fraction of sp³-hybridized carbons (Fsp3) is 0.167. The van der Waals surface area contributed by atoms with Gasteiger partial charge in [0.1, 0.15) is 0 Å². The lowest BCUT2D eigenvalue weighted by atomic mass is 9.98. The van der Waals surface area contributed by atoms with Crippen molar-refractivity contribution in [3.8, 4) is 0 Å². The molecule has 2 rings (SSSR count). The number of hydrogen-bond acceptors (Lipinski definition) is 3. The fourth-order valence-corrected chi connectivity index (χ4v) is 2.08. The van der Waals surface area contributed by atoms with E-state index >= 15 is 0 Å². The van der Waals surface area contributed by atoms with Crippen LogP contribution in [-0.4, -0.2) is 13.1 Å². The van der Waals surface area contributed by atoms with Crippen LogP contribution < -0.4 is 5.32 Å². The maximum Gasteiger partial charge on any atom is 0.335 e. The molecule has 0 aromatic heterocycles. The number of rotatable bonds is 5. The topological polar surface area (TPSA) is 38.3 Å². The van der Waals surface area contributed by atoms with Gasteiger partial charge in [0.2, 0.25) is 0 Å². The second kappa shape index (κ2) is 6.75. The van der Waals surface area contributed by atoms with E-state index in [0.717, 1.165) is 11.3 Å². The number of para-hydroxylation sites is 1. The van der Waals surface area contributed by atoms with Gasteiger partial charge in [-0.25, -0.2) is 4.79 Å². The molecular formula is C18H19NO2. The van der Waals surface area contributed by atoms with Crippen molar-refractivity contribution in [2.24, 2.45) is 0 Å². The molecule has 2 aromatic carbocycles. The largest absolute Gasteiger partial charge is 0.466 e. The van der Waals surface area contributed by atoms with Gasteiger partial charge in [-0.1, -0.05) is 54.6 Å². The van der Waals surface area contributed by atoms with E-state index < -0.39 is 5.97 Å². The third-order valence-electron chi connectivity index (χ3n) is 3.29. The molecule has 1 unspecified atom stereocenters. The number of benzene rings is 2. The number of carbonyl (C=O) groups is 1. The molecule has 0 saturated carbocycles. The molecule has 0 spiro atoms. The first-order valence-corrected chi connectivity index (χ1v) is 6.77. The monoisotopic (exact) mass is 281 g/mol. The zero-order valence-corrected chi connectivity index (χ0v) is 12.3. The van der Waals surface area contributed by atoms with Crippen molar-refractivity contribution in [1.82, 2.24) is 0 Å². The maximum atomic E-state index is 11.8. The number of methoxy groups -OCH3 is 1. The van der Waals surface area contributed by atoms with E-state index in [0.29, 0.717) is 5.57 Å². The van der Waals surface area contributed by atoms with E-state index in [2.05, 4.69) is 11.9 Å². The van der Waals surface area contributed by atoms with E-state index in [4.69, 9.17) is 4.74 Å². The average Bonchev–Trinajstić information content (AvgIpc) is 2.53. The molecule has 3 nitrogen and oxygen atoms in total. The number of aryl methyl sites for hydroxylation is 1. The second-order valence-electron chi connectivity index (χ2n) is 4.87. The van der Waals surface area contributed by atoms with Gasteiger partial charge in [-0.05, 0) is 24.6 Å². The number of anilines is 1. The fourth-order valence-electron chi connectivity index (χ4n) is 2.08. The van der Waals surface area contributed by atoms with Crippen LogP contribution in [0.4, 0.5) is 5.69 Å². The number of esters is 1. The van der Waals surface area contributed by atoms with Crippen molar-refractivity contribution < 1.29 is 9.53 Å². The lowest BCUT2D eigenvalue weighted by molar-refractivity contribution is -0.136. The molecule has 0 radical (unpaired) electrons. The Balaban J connectivity index is 2.32. The molecule has 0 heterocycles. The van der Waals surface area contributed by atoms with Crippen LogP contribution in [0.1, 0.15) is 17.2 Å². The first-order chi connectivity index (χ1) is 10.1. The minimum Gasteiger partial charge on any atom is -0.466 e. The molecular weight excluding hydrogens is 262 g/mol. The summed E-state index contributed by atoms with van der Waals surface area (Å²) in [5, 5.41) is 3.33. The van der Waals surface area contributed by atoms with Gasteiger partial charge in [-0.3, -0.25) is 0 Å². The van der Waals surface area contributed by atoms with Crippen LogP contribution >= 0.6 is 0 Å². The Kier molecular flexibility index (Phi) is 4.77. The number of ether oxygens (including phenoxy) is 1. The first-order valence-electron chi connectivity index (χ1n) is 6.77. The Labute approximate surface area is 125 Å². The standard InChI is InChI=1S/C18H19NO2/c1-13-9-11-15(12-10-13)17(14(2)18(20)21-3)19-16-7-5-4-6-8-16/h4-12,17,19H,2H2,1,3H3. The van der Waals surface area contributed by atoms with Crippen LogP contribution in [-0.2, 0) is 9.53 Å². The summed E-state index contributed by atoms with van der Waals surface area (Å²) < 4.78 is 4.80. The molecule has 0 fully saturated rings. The molecule has 0 saturated heterocycles. The van der Waals surface area contributed by atoms with Crippen molar-refractivity contribution in [2.45, 2.75) is 13.0 Å². The van der Waals surface area contributed by atoms with Crippen molar-refractivity contribution in [2.75, 3.05) is 12.4 Å². The normalized spacial score (nSPS) is 11.5. The van der Waals surface area contributed by atoms with Gasteiger partial charge in [-0.2, -0.15) is 0 Å². The van der Waals surface area contributed by atoms with Crippen molar-refractivity contribution in [1.29, 1.82) is 0 Å². The Hall–Kier alpha value is -2.55. The van der Waals surface area contributed by atoms with E-state index in [9.17, 15) is 4.79 Å². The quantitative estimate of drug-likeness (QED) is 0.667. The average molecular weight is 281 g/mol. The van der Waals surface area contributed by atoms with Crippen LogP contribution in [0.25, 0.3) is 0 Å². The summed E-state index contributed by atoms with van der Waals surface area (Å²) in [7, 11) is 1.36. The number of nitrogens with one attached hydrogen (secondary N) is 1. The first kappa shape index (κ1) is 14.9. The van der Waals surface area contributed by atoms with Gasteiger partial charge in [0.05, 0.1) is 18.7 Å². The molecule has 0 amide bonds. The molecule has 1 N–H and O–H groups in total. The molecule has 3 heteroatoms. The smallest absolute Gasteiger partial charge is 0.335 e. The van der Waals surface area contributed by atoms with Crippen LogP contribution in [0, 0.1) is 6.92 Å². The summed E-state index contributed by atoms with van der Waals surface area (Å²) in [4.78, 5) is 11.8. The minimum absolute atomic E-state index is 0.319. The highest BCUT2D eigenvalue weighted by atomic mass is 16.5. The Morgan fingerprint density at radius 1 is 1.10 bits per heavy atom. The van der Waals surface area contributed by atoms with Gasteiger partial charge in [0.15, 0.2) is 0 Å². The van der Waals surface area contributed by atoms with Gasteiger partial charge >= 0.3 is 5.97 Å². The molecule has 0 aliphatic rings. The van der Waals surface area contributed by atoms with Crippen LogP contribution in [0.5, 0.6) is 0 Å². The molecule has 2 aromatic rings. The third kappa shape index (κ3) is 3.72. The van der Waals surface area contributed by atoms with Crippen molar-refractivity contribution >= 4 is 11.7 Å². The summed E-state index contributed by atoms with van der Waals surface area (Å²) in [5.41, 5.74) is 3.44. The highest BCUT2D eigenvalue weighted by Crippen LogP contribution is 2.26. The van der Waals surface area contributed by atoms with Gasteiger partial charge in [-0.15, -0.1) is 0 Å². The predicted molar refractivity (Wildman–Crippen MR) is 85.1 cm³/mol. The SMILES string of the molecule is C=C(C(=O)OC)C(Nc1ccccc1)c1ccc(C)cc1. The van der Waals surface area contributed by atoms with Gasteiger partial charge < -0.3 is 10.1 Å². The van der Waals surface area contributed by atoms with E-state index in [1.165, 1.54) is 12.7 Å². The maximum absolute atomic E-state index is 11.8. The van der Waals surface area contributed by atoms with Gasteiger partial charge in [0, 0.05) is 5.69 Å². The molecule has 0 aliphatic heterocycles. The van der Waals surface area contributed by atoms with Crippen molar-refractivity contribution in [3.05, 3.63) is 77.9 Å². The van der Waals surface area contributed by atoms with Crippen LogP contribution in [0.2, 0.25) is 0 Å². The lowest BCUT2D eigenvalue weighted by Crippen LogP contribution is -2.19. The number of carbonyl (C=O) groups excluding carboxylic acids is 1. The Bertz CT molecular complexity index is 617. The van der Waals surface area contributed by atoms with Crippen LogP contribution in [0.15, 0.2) is 66.7 Å². The molecule has 1 atom stereocenters. The minimum atomic E-state index is -0.413. The second-order valence-corrected chi connectivity index (χ2v) is 4.87. The summed E-state index contributed by atoms with van der Waals surface area (Å²) in [6.07, 6.45) is 0. The highest BCUT2D eigenvalue weighted by molar-refractivity contribution is 5.90. The van der Waals surface area contributed by atoms with Gasteiger partial charge in [0.25, 0.3) is 0 Å². The molecule has 108 valence electrons. The summed E-state index contributed by atoms with van der Waals surface area (Å²) in [5.74, 6) is -0.413. The van der Waals surface area contributed by atoms with Crippen molar-refractivity contribution in [3.63, 3.8) is 0 Å². The Morgan fingerprint density at radius 3 is 2.29 bits per heavy atom. The Morgan fingerprint density at radius 2 is 1.71 bits per heavy atom. The predicted octanol–water partition coefficient (Wildman–Crippen LogP) is 3.88. The zero-order chi connectivity index (χ0) is 15.2.